The second-order valence-corrected chi connectivity index (χ2v) is 3.77. The van der Waals surface area contributed by atoms with Crippen LogP contribution in [0.15, 0.2) is 0 Å². The van der Waals surface area contributed by atoms with Gasteiger partial charge in [0.2, 0.25) is 0 Å². The van der Waals surface area contributed by atoms with Gasteiger partial charge in [-0.2, -0.15) is 0 Å². The number of aliphatic hydroxyl groups is 1. The second kappa shape index (κ2) is 5.52. The number of hydrogen-bond donors (Lipinski definition) is 1. The molecule has 0 aromatic carbocycles. The van der Waals surface area contributed by atoms with Gasteiger partial charge in [0.15, 0.2) is 0 Å². The van der Waals surface area contributed by atoms with E-state index in [4.69, 9.17) is 5.11 Å². The smallest absolute Gasteiger partial charge is 0.117 e. The molecule has 0 aromatic heterocycles. The first-order valence-electron chi connectivity index (χ1n) is 4.87. The first-order chi connectivity index (χ1) is 6.22. The van der Waals surface area contributed by atoms with Crippen LogP contribution in [-0.4, -0.2) is 67.5 Å². The lowest BCUT2D eigenvalue weighted by molar-refractivity contribution is 0.0914. The van der Waals surface area contributed by atoms with Crippen molar-refractivity contribution < 1.29 is 9.50 Å². The number of alkyl halides is 1. The van der Waals surface area contributed by atoms with Crippen LogP contribution >= 0.6 is 0 Å². The van der Waals surface area contributed by atoms with Crippen molar-refractivity contribution in [1.82, 2.24) is 9.80 Å². The van der Waals surface area contributed by atoms with E-state index in [1.165, 1.54) is 0 Å². The molecule has 0 aromatic rings. The summed E-state index contributed by atoms with van der Waals surface area (Å²) in [6, 6.07) is 0. The molecule has 1 N–H and O–H groups in total. The molecular formula is C9H19FN2O. The van der Waals surface area contributed by atoms with Gasteiger partial charge in [-0.1, -0.05) is 0 Å². The summed E-state index contributed by atoms with van der Waals surface area (Å²) in [5.41, 5.74) is 0. The van der Waals surface area contributed by atoms with Gasteiger partial charge < -0.3 is 10.0 Å². The van der Waals surface area contributed by atoms with Crippen molar-refractivity contribution in [3.05, 3.63) is 0 Å². The highest BCUT2D eigenvalue weighted by Crippen LogP contribution is 2.02. The summed E-state index contributed by atoms with van der Waals surface area (Å²) in [4.78, 5) is 4.40. The molecule has 1 heterocycles. The SMILES string of the molecule is CN1CCCN(CC(O)CF)CC1. The van der Waals surface area contributed by atoms with Gasteiger partial charge in [0, 0.05) is 19.6 Å². The summed E-state index contributed by atoms with van der Waals surface area (Å²) >= 11 is 0. The maximum absolute atomic E-state index is 12.0. The van der Waals surface area contributed by atoms with Crippen LogP contribution in [0.25, 0.3) is 0 Å². The van der Waals surface area contributed by atoms with E-state index < -0.39 is 12.8 Å². The van der Waals surface area contributed by atoms with E-state index in [1.807, 2.05) is 0 Å². The number of β-amino-alcohol motifs (C(OH)–C–C–N with tert-alkyl or cyclic N) is 1. The van der Waals surface area contributed by atoms with E-state index in [1.54, 1.807) is 0 Å². The van der Waals surface area contributed by atoms with Crippen LogP contribution in [0.1, 0.15) is 6.42 Å². The van der Waals surface area contributed by atoms with Crippen molar-refractivity contribution >= 4 is 0 Å². The summed E-state index contributed by atoms with van der Waals surface area (Å²) in [7, 11) is 2.09. The molecule has 1 atom stereocenters. The Morgan fingerprint density at radius 3 is 2.77 bits per heavy atom. The molecule has 4 heteroatoms. The van der Waals surface area contributed by atoms with Crippen molar-refractivity contribution in [3.8, 4) is 0 Å². The largest absolute Gasteiger partial charge is 0.389 e. The van der Waals surface area contributed by atoms with Gasteiger partial charge in [-0.05, 0) is 26.6 Å². The molecule has 1 unspecified atom stereocenters. The highest BCUT2D eigenvalue weighted by atomic mass is 19.1. The Morgan fingerprint density at radius 1 is 1.31 bits per heavy atom. The van der Waals surface area contributed by atoms with Gasteiger partial charge in [0.05, 0.1) is 6.10 Å². The van der Waals surface area contributed by atoms with Crippen LogP contribution in [0.5, 0.6) is 0 Å². The maximum Gasteiger partial charge on any atom is 0.117 e. The van der Waals surface area contributed by atoms with Crippen LogP contribution in [0.2, 0.25) is 0 Å². The molecule has 13 heavy (non-hydrogen) atoms. The molecule has 1 fully saturated rings. The Kier molecular flexibility index (Phi) is 4.62. The Labute approximate surface area is 79.1 Å². The fourth-order valence-electron chi connectivity index (χ4n) is 1.63. The minimum atomic E-state index is -0.802. The fourth-order valence-corrected chi connectivity index (χ4v) is 1.63. The summed E-state index contributed by atoms with van der Waals surface area (Å²) in [6.45, 7) is 3.87. The first kappa shape index (κ1) is 10.9. The fraction of sp³-hybridized carbons (Fsp3) is 1.00. The van der Waals surface area contributed by atoms with Gasteiger partial charge in [0.1, 0.15) is 6.67 Å². The molecule has 0 amide bonds. The minimum Gasteiger partial charge on any atom is -0.389 e. The number of hydrogen-bond acceptors (Lipinski definition) is 3. The number of likely N-dealkylation sites (N-methyl/N-ethyl adjacent to an activating group) is 1. The van der Waals surface area contributed by atoms with Crippen LogP contribution in [0, 0.1) is 0 Å². The zero-order chi connectivity index (χ0) is 9.68. The number of aliphatic hydroxyl groups excluding tert-OH is 1. The van der Waals surface area contributed by atoms with E-state index in [0.717, 1.165) is 32.6 Å². The highest BCUT2D eigenvalue weighted by molar-refractivity contribution is 4.69. The van der Waals surface area contributed by atoms with Gasteiger partial charge >= 0.3 is 0 Å². The number of halogens is 1. The monoisotopic (exact) mass is 190 g/mol. The normalized spacial score (nSPS) is 24.2. The maximum atomic E-state index is 12.0. The first-order valence-corrected chi connectivity index (χ1v) is 4.87. The third kappa shape index (κ3) is 4.02. The minimum absolute atomic E-state index is 0.477. The average molecular weight is 190 g/mol. The zero-order valence-electron chi connectivity index (χ0n) is 8.25. The molecule has 0 aliphatic carbocycles. The molecule has 78 valence electrons. The predicted molar refractivity (Wildman–Crippen MR) is 50.5 cm³/mol. The molecule has 0 bridgehead atoms. The summed E-state index contributed by atoms with van der Waals surface area (Å²) in [5, 5.41) is 9.14. The van der Waals surface area contributed by atoms with E-state index in [2.05, 4.69) is 16.8 Å². The van der Waals surface area contributed by atoms with E-state index >= 15 is 0 Å². The molecule has 0 spiro atoms. The quantitative estimate of drug-likeness (QED) is 0.676. The molecule has 0 saturated carbocycles. The third-order valence-electron chi connectivity index (χ3n) is 2.46. The van der Waals surface area contributed by atoms with Crippen LogP contribution in [-0.2, 0) is 0 Å². The van der Waals surface area contributed by atoms with E-state index in [-0.39, 0.29) is 0 Å². The lowest BCUT2D eigenvalue weighted by atomic mass is 10.3. The summed E-state index contributed by atoms with van der Waals surface area (Å²) in [6.07, 6.45) is 0.304. The Hall–Kier alpha value is -0.190. The summed E-state index contributed by atoms with van der Waals surface area (Å²) < 4.78 is 12.0. The summed E-state index contributed by atoms with van der Waals surface area (Å²) in [5.74, 6) is 0. The van der Waals surface area contributed by atoms with Gasteiger partial charge in [-0.25, -0.2) is 4.39 Å². The van der Waals surface area contributed by atoms with Crippen molar-refractivity contribution in [2.75, 3.05) is 46.4 Å². The lowest BCUT2D eigenvalue weighted by Gasteiger charge is -2.21. The van der Waals surface area contributed by atoms with Gasteiger partial charge in [-0.15, -0.1) is 0 Å². The zero-order valence-corrected chi connectivity index (χ0v) is 8.25. The van der Waals surface area contributed by atoms with Crippen molar-refractivity contribution in [1.29, 1.82) is 0 Å². The van der Waals surface area contributed by atoms with E-state index in [9.17, 15) is 4.39 Å². The van der Waals surface area contributed by atoms with E-state index in [0.29, 0.717) is 6.54 Å². The average Bonchev–Trinajstić information content (AvgIpc) is 2.31. The van der Waals surface area contributed by atoms with Crippen molar-refractivity contribution in [3.63, 3.8) is 0 Å². The Morgan fingerprint density at radius 2 is 2.08 bits per heavy atom. The number of nitrogens with zero attached hydrogens (tertiary/aromatic N) is 2. The van der Waals surface area contributed by atoms with Crippen molar-refractivity contribution in [2.45, 2.75) is 12.5 Å². The van der Waals surface area contributed by atoms with Crippen molar-refractivity contribution in [2.24, 2.45) is 0 Å². The lowest BCUT2D eigenvalue weighted by Crippen LogP contribution is -2.36. The van der Waals surface area contributed by atoms with Crippen LogP contribution < -0.4 is 0 Å². The van der Waals surface area contributed by atoms with Crippen LogP contribution in [0.3, 0.4) is 0 Å². The highest BCUT2D eigenvalue weighted by Gasteiger charge is 2.14. The molecule has 1 saturated heterocycles. The molecule has 3 nitrogen and oxygen atoms in total. The molecule has 1 aliphatic heterocycles. The molecular weight excluding hydrogens is 171 g/mol. The Bertz CT molecular complexity index is 146. The Balaban J connectivity index is 2.25. The standard InChI is InChI=1S/C9H19FN2O/c1-11-3-2-4-12(6-5-11)8-9(13)7-10/h9,13H,2-8H2,1H3. The number of rotatable bonds is 3. The molecule has 1 rings (SSSR count). The molecule has 0 radical (unpaired) electrons. The molecule has 1 aliphatic rings. The predicted octanol–water partition coefficient (Wildman–Crippen LogP) is -0.0457. The topological polar surface area (TPSA) is 26.7 Å². The third-order valence-corrected chi connectivity index (χ3v) is 2.46. The van der Waals surface area contributed by atoms with Crippen LogP contribution in [0.4, 0.5) is 4.39 Å². The van der Waals surface area contributed by atoms with Gasteiger partial charge in [0.25, 0.3) is 0 Å². The second-order valence-electron chi connectivity index (χ2n) is 3.77. The van der Waals surface area contributed by atoms with Gasteiger partial charge in [-0.3, -0.25) is 4.90 Å².